The lowest BCUT2D eigenvalue weighted by atomic mass is 10.1. The van der Waals surface area contributed by atoms with Gasteiger partial charge in [-0.3, -0.25) is 9.55 Å². The molecule has 0 bridgehead atoms. The normalized spacial score (nSPS) is 19.0. The highest BCUT2D eigenvalue weighted by Gasteiger charge is 2.19. The van der Waals surface area contributed by atoms with Crippen LogP contribution in [0.1, 0.15) is 37.9 Å². The van der Waals surface area contributed by atoms with Crippen molar-refractivity contribution in [2.75, 3.05) is 0 Å². The van der Waals surface area contributed by atoms with Crippen LogP contribution in [0.15, 0.2) is 64.6 Å². The third-order valence-corrected chi connectivity index (χ3v) is 5.71. The van der Waals surface area contributed by atoms with Crippen LogP contribution >= 0.6 is 11.8 Å². The van der Waals surface area contributed by atoms with Crippen molar-refractivity contribution in [3.8, 4) is 11.4 Å². The predicted molar refractivity (Wildman–Crippen MR) is 103 cm³/mol. The second-order valence-corrected chi connectivity index (χ2v) is 7.64. The van der Waals surface area contributed by atoms with Crippen LogP contribution in [-0.4, -0.2) is 25.0 Å². The minimum absolute atomic E-state index is 0.441. The van der Waals surface area contributed by atoms with E-state index in [2.05, 4.69) is 31.9 Å². The minimum Gasteiger partial charge on any atom is -0.467 e. The van der Waals surface area contributed by atoms with Gasteiger partial charge in [-0.15, -0.1) is 10.2 Å². The van der Waals surface area contributed by atoms with E-state index in [0.717, 1.165) is 22.3 Å². The van der Waals surface area contributed by atoms with E-state index in [0.29, 0.717) is 11.8 Å². The first kappa shape index (κ1) is 17.1. The van der Waals surface area contributed by atoms with Crippen LogP contribution in [0.4, 0.5) is 0 Å². The number of pyridine rings is 1. The highest BCUT2D eigenvalue weighted by Crippen LogP contribution is 2.31. The molecule has 0 saturated carbocycles. The maximum atomic E-state index is 5.56. The molecule has 0 N–H and O–H groups in total. The Morgan fingerprint density at radius 3 is 3.00 bits per heavy atom. The first-order valence-corrected chi connectivity index (χ1v) is 9.97. The molecule has 0 aliphatic heterocycles. The predicted octanol–water partition coefficient (Wildman–Crippen LogP) is 4.96. The number of thioether (sulfide) groups is 1. The fourth-order valence-corrected chi connectivity index (χ4v) is 4.26. The van der Waals surface area contributed by atoms with Gasteiger partial charge in [-0.2, -0.15) is 0 Å². The van der Waals surface area contributed by atoms with Gasteiger partial charge in [0.2, 0.25) is 0 Å². The number of rotatable bonds is 5. The van der Waals surface area contributed by atoms with Crippen LogP contribution in [0, 0.1) is 0 Å². The summed E-state index contributed by atoms with van der Waals surface area (Å²) < 4.78 is 7.70. The summed E-state index contributed by atoms with van der Waals surface area (Å²) >= 11 is 1.79. The molecule has 6 heteroatoms. The molecule has 0 saturated heterocycles. The summed E-state index contributed by atoms with van der Waals surface area (Å²) in [7, 11) is 0. The molecule has 0 spiro atoms. The number of hydrogen-bond donors (Lipinski definition) is 0. The van der Waals surface area contributed by atoms with Crippen molar-refractivity contribution in [2.24, 2.45) is 0 Å². The summed E-state index contributed by atoms with van der Waals surface area (Å²) in [5.41, 5.74) is 0.964. The topological polar surface area (TPSA) is 56.7 Å². The van der Waals surface area contributed by atoms with E-state index in [1.54, 1.807) is 24.2 Å². The van der Waals surface area contributed by atoms with Gasteiger partial charge in [-0.25, -0.2) is 0 Å². The summed E-state index contributed by atoms with van der Waals surface area (Å²) in [6.07, 6.45) is 16.2. The Morgan fingerprint density at radius 2 is 2.15 bits per heavy atom. The summed E-state index contributed by atoms with van der Waals surface area (Å²) in [6, 6.07) is 7.83. The molecule has 3 heterocycles. The smallest absolute Gasteiger partial charge is 0.192 e. The fourth-order valence-electron chi connectivity index (χ4n) is 3.15. The van der Waals surface area contributed by atoms with Crippen LogP contribution < -0.4 is 0 Å². The first-order valence-electron chi connectivity index (χ1n) is 9.09. The van der Waals surface area contributed by atoms with Crippen LogP contribution in [-0.2, 0) is 6.54 Å². The van der Waals surface area contributed by atoms with Crippen LogP contribution in [0.3, 0.4) is 0 Å². The lowest BCUT2D eigenvalue weighted by molar-refractivity contribution is 0.485. The lowest BCUT2D eigenvalue weighted by Gasteiger charge is -2.15. The SMILES string of the molecule is C1=C\C(Sc2nnc(-c3cccnc3)n2Cc2ccco2)CCCCC/1. The van der Waals surface area contributed by atoms with E-state index < -0.39 is 0 Å². The fraction of sp³-hybridized carbons (Fsp3) is 0.350. The average Bonchev–Trinajstić information content (AvgIpc) is 3.29. The van der Waals surface area contributed by atoms with E-state index in [4.69, 9.17) is 4.42 Å². The molecule has 0 radical (unpaired) electrons. The molecule has 3 aromatic heterocycles. The zero-order valence-electron chi connectivity index (χ0n) is 14.6. The van der Waals surface area contributed by atoms with E-state index in [1.807, 2.05) is 30.5 Å². The van der Waals surface area contributed by atoms with Crippen LogP contribution in [0.5, 0.6) is 0 Å². The zero-order valence-corrected chi connectivity index (χ0v) is 15.4. The van der Waals surface area contributed by atoms with E-state index in [9.17, 15) is 0 Å². The van der Waals surface area contributed by atoms with Crippen molar-refractivity contribution >= 4 is 11.8 Å². The number of furan rings is 1. The molecular weight excluding hydrogens is 344 g/mol. The monoisotopic (exact) mass is 366 g/mol. The molecule has 0 fully saturated rings. The lowest BCUT2D eigenvalue weighted by Crippen LogP contribution is -2.07. The molecule has 5 nitrogen and oxygen atoms in total. The minimum atomic E-state index is 0.441. The molecule has 0 amide bonds. The third kappa shape index (κ3) is 4.07. The van der Waals surface area contributed by atoms with Gasteiger partial charge in [0.25, 0.3) is 0 Å². The van der Waals surface area contributed by atoms with Crippen molar-refractivity contribution in [1.82, 2.24) is 19.7 Å². The van der Waals surface area contributed by atoms with E-state index >= 15 is 0 Å². The molecule has 1 aliphatic carbocycles. The van der Waals surface area contributed by atoms with Gasteiger partial charge < -0.3 is 4.42 Å². The summed E-state index contributed by atoms with van der Waals surface area (Å²) in [5, 5.41) is 10.3. The summed E-state index contributed by atoms with van der Waals surface area (Å²) in [6.45, 7) is 0.614. The Balaban J connectivity index is 1.65. The summed E-state index contributed by atoms with van der Waals surface area (Å²) in [5.74, 6) is 1.72. The Bertz CT molecular complexity index is 842. The van der Waals surface area contributed by atoms with Crippen LogP contribution in [0.2, 0.25) is 0 Å². The van der Waals surface area contributed by atoms with E-state index in [1.165, 1.54) is 32.1 Å². The zero-order chi connectivity index (χ0) is 17.6. The van der Waals surface area contributed by atoms with Crippen molar-refractivity contribution < 1.29 is 4.42 Å². The summed E-state index contributed by atoms with van der Waals surface area (Å²) in [4.78, 5) is 4.22. The van der Waals surface area contributed by atoms with Gasteiger partial charge in [0.15, 0.2) is 11.0 Å². The molecule has 3 aromatic rings. The molecule has 1 aliphatic rings. The van der Waals surface area contributed by atoms with Crippen molar-refractivity contribution in [2.45, 2.75) is 49.1 Å². The molecule has 0 aromatic carbocycles. The van der Waals surface area contributed by atoms with Gasteiger partial charge in [-0.1, -0.05) is 36.8 Å². The van der Waals surface area contributed by atoms with Gasteiger partial charge in [-0.05, 0) is 43.5 Å². The Hall–Kier alpha value is -2.34. The maximum absolute atomic E-state index is 5.56. The second-order valence-electron chi connectivity index (χ2n) is 6.44. The standard InChI is InChI=1S/C20H22N4OS/c1-2-4-10-18(11-5-3-1)26-20-23-22-19(16-8-6-12-21-14-16)24(20)15-17-9-7-13-25-17/h4,6-10,12-14,18H,1-3,5,11,15H2/b10-4-. The van der Waals surface area contributed by atoms with Gasteiger partial charge in [0.05, 0.1) is 12.8 Å². The first-order chi connectivity index (χ1) is 12.9. The number of hydrogen-bond acceptors (Lipinski definition) is 5. The van der Waals surface area contributed by atoms with Crippen LogP contribution in [0.25, 0.3) is 11.4 Å². The Labute approximate surface area is 157 Å². The third-order valence-electron chi connectivity index (χ3n) is 4.50. The van der Waals surface area contributed by atoms with Crippen molar-refractivity contribution in [1.29, 1.82) is 0 Å². The van der Waals surface area contributed by atoms with Gasteiger partial charge in [0.1, 0.15) is 5.76 Å². The average molecular weight is 366 g/mol. The largest absolute Gasteiger partial charge is 0.467 e. The van der Waals surface area contributed by atoms with Crippen molar-refractivity contribution in [3.05, 3.63) is 60.8 Å². The van der Waals surface area contributed by atoms with Gasteiger partial charge in [0, 0.05) is 23.2 Å². The second kappa shape index (κ2) is 8.36. The molecular formula is C20H22N4OS. The molecule has 134 valence electrons. The highest BCUT2D eigenvalue weighted by atomic mass is 32.2. The van der Waals surface area contributed by atoms with Crippen molar-refractivity contribution in [3.63, 3.8) is 0 Å². The molecule has 4 rings (SSSR count). The number of nitrogens with zero attached hydrogens (tertiary/aromatic N) is 4. The number of aromatic nitrogens is 4. The van der Waals surface area contributed by atoms with Gasteiger partial charge >= 0.3 is 0 Å². The maximum Gasteiger partial charge on any atom is 0.192 e. The number of allylic oxidation sites excluding steroid dienone is 1. The molecule has 1 unspecified atom stereocenters. The Kier molecular flexibility index (Phi) is 5.50. The molecule has 26 heavy (non-hydrogen) atoms. The quantitative estimate of drug-likeness (QED) is 0.597. The molecule has 1 atom stereocenters. The van der Waals surface area contributed by atoms with E-state index in [-0.39, 0.29) is 0 Å². The highest BCUT2D eigenvalue weighted by molar-refractivity contribution is 7.99. The Morgan fingerprint density at radius 1 is 1.15 bits per heavy atom.